The summed E-state index contributed by atoms with van der Waals surface area (Å²) < 4.78 is 29.1. The highest BCUT2D eigenvalue weighted by molar-refractivity contribution is 5.80. The zero-order valence-corrected chi connectivity index (χ0v) is 14.6. The van der Waals surface area contributed by atoms with Crippen LogP contribution in [0.15, 0.2) is 54.6 Å². The Kier molecular flexibility index (Phi) is 5.83. The highest BCUT2D eigenvalue weighted by atomic mass is 19.3. The van der Waals surface area contributed by atoms with Crippen molar-refractivity contribution in [3.63, 3.8) is 0 Å². The molecule has 0 unspecified atom stereocenters. The van der Waals surface area contributed by atoms with Crippen molar-refractivity contribution < 1.29 is 23.6 Å². The lowest BCUT2D eigenvalue weighted by Gasteiger charge is -2.21. The van der Waals surface area contributed by atoms with Gasteiger partial charge in [0.15, 0.2) is 6.04 Å². The maximum absolute atomic E-state index is 12.3. The molecule has 0 spiro atoms. The molecule has 0 heterocycles. The number of nitrogens with one attached hydrogen (secondary N) is 1. The van der Waals surface area contributed by atoms with E-state index in [-0.39, 0.29) is 23.7 Å². The van der Waals surface area contributed by atoms with Gasteiger partial charge in [0.05, 0.1) is 0 Å². The van der Waals surface area contributed by atoms with Crippen molar-refractivity contribution in [3.8, 4) is 5.75 Å². The summed E-state index contributed by atoms with van der Waals surface area (Å²) in [4.78, 5) is 12.3. The summed E-state index contributed by atoms with van der Waals surface area (Å²) in [5, 5.41) is 5.02. The first kappa shape index (κ1) is 18.3. The number of alkyl halides is 2. The van der Waals surface area contributed by atoms with Crippen LogP contribution in [-0.2, 0) is 4.79 Å². The molecule has 0 aliphatic heterocycles. The quantitative estimate of drug-likeness (QED) is 0.759. The van der Waals surface area contributed by atoms with Gasteiger partial charge < -0.3 is 15.4 Å². The number of ether oxygens (including phenoxy) is 1. The lowest BCUT2D eigenvalue weighted by molar-refractivity contribution is -0.704. The zero-order valence-electron chi connectivity index (χ0n) is 14.6. The van der Waals surface area contributed by atoms with Gasteiger partial charge >= 0.3 is 6.61 Å². The maximum atomic E-state index is 12.3. The van der Waals surface area contributed by atoms with Crippen LogP contribution in [0.4, 0.5) is 8.78 Å². The predicted octanol–water partition coefficient (Wildman–Crippen LogP) is 2.61. The van der Waals surface area contributed by atoms with Gasteiger partial charge in [-0.25, -0.2) is 0 Å². The second-order valence-corrected chi connectivity index (χ2v) is 6.60. The van der Waals surface area contributed by atoms with E-state index >= 15 is 0 Å². The van der Waals surface area contributed by atoms with E-state index in [1.54, 1.807) is 12.1 Å². The van der Waals surface area contributed by atoms with Crippen LogP contribution in [-0.4, -0.2) is 24.6 Å². The minimum absolute atomic E-state index is 0.0195. The van der Waals surface area contributed by atoms with E-state index in [4.69, 9.17) is 0 Å². The molecule has 0 bridgehead atoms. The number of hydrogen-bond acceptors (Lipinski definition) is 2. The van der Waals surface area contributed by atoms with Crippen LogP contribution in [0.1, 0.15) is 36.9 Å². The summed E-state index contributed by atoms with van der Waals surface area (Å²) in [6, 6.07) is 16.3. The average Bonchev–Trinajstić information content (AvgIpc) is 3.44. The number of carbonyl (C=O) groups excluding carboxylic acids is 1. The molecule has 6 heteroatoms. The highest BCUT2D eigenvalue weighted by Crippen LogP contribution is 2.22. The van der Waals surface area contributed by atoms with Crippen molar-refractivity contribution in [2.24, 2.45) is 0 Å². The summed E-state index contributed by atoms with van der Waals surface area (Å²) in [5.74, 6) is 0.140. The van der Waals surface area contributed by atoms with Crippen LogP contribution >= 0.6 is 0 Å². The van der Waals surface area contributed by atoms with Crippen molar-refractivity contribution in [2.75, 3.05) is 0 Å². The molecule has 1 amide bonds. The Morgan fingerprint density at radius 3 is 2.27 bits per heavy atom. The molecular weight excluding hydrogens is 338 g/mol. The molecule has 1 aliphatic carbocycles. The molecule has 2 aromatic rings. The fourth-order valence-corrected chi connectivity index (χ4v) is 2.87. The first-order chi connectivity index (χ1) is 12.5. The maximum Gasteiger partial charge on any atom is 0.387 e. The Morgan fingerprint density at radius 1 is 1.08 bits per heavy atom. The first-order valence-corrected chi connectivity index (χ1v) is 8.78. The summed E-state index contributed by atoms with van der Waals surface area (Å²) in [7, 11) is 0. The molecule has 138 valence electrons. The molecule has 1 saturated carbocycles. The first-order valence-electron chi connectivity index (χ1n) is 8.78. The van der Waals surface area contributed by atoms with Gasteiger partial charge in [-0.2, -0.15) is 8.78 Å². The number of quaternary nitrogens is 1. The second kappa shape index (κ2) is 8.27. The number of nitrogens with two attached hydrogens (primary N) is 1. The number of amides is 1. The molecule has 3 N–H and O–H groups in total. The zero-order chi connectivity index (χ0) is 18.5. The minimum Gasteiger partial charge on any atom is -0.435 e. The number of benzene rings is 2. The lowest BCUT2D eigenvalue weighted by atomic mass is 9.97. The Labute approximate surface area is 151 Å². The average molecular weight is 361 g/mol. The third kappa shape index (κ3) is 5.02. The van der Waals surface area contributed by atoms with Crippen molar-refractivity contribution in [1.29, 1.82) is 0 Å². The Balaban J connectivity index is 1.78. The van der Waals surface area contributed by atoms with Gasteiger partial charge in [0.25, 0.3) is 5.91 Å². The van der Waals surface area contributed by atoms with Crippen molar-refractivity contribution >= 4 is 5.91 Å². The van der Waals surface area contributed by atoms with E-state index in [0.717, 1.165) is 24.0 Å². The van der Waals surface area contributed by atoms with Crippen molar-refractivity contribution in [2.45, 2.75) is 44.5 Å². The monoisotopic (exact) mass is 361 g/mol. The molecule has 4 nitrogen and oxygen atoms in total. The smallest absolute Gasteiger partial charge is 0.387 e. The number of hydrogen-bond donors (Lipinski definition) is 2. The van der Waals surface area contributed by atoms with Crippen LogP contribution in [0.5, 0.6) is 5.75 Å². The molecule has 3 rings (SSSR count). The molecule has 2 aromatic carbocycles. The highest BCUT2D eigenvalue weighted by Gasteiger charge is 2.29. The van der Waals surface area contributed by atoms with Gasteiger partial charge in [-0.3, -0.25) is 4.79 Å². The standard InChI is InChI=1S/C20H22F2N2O2/c1-13(19(25)24-16-9-10-16)23-18(14-5-3-2-4-6-14)15-7-11-17(12-8-15)26-20(21)22/h2-8,11-13,16,18,20,23H,9-10H2,1H3,(H,24,25)/p+1/t13-,18-/m1/s1. The molecule has 2 atom stereocenters. The van der Waals surface area contributed by atoms with Crippen molar-refractivity contribution in [3.05, 3.63) is 65.7 Å². The lowest BCUT2D eigenvalue weighted by Crippen LogP contribution is -2.92. The fraction of sp³-hybridized carbons (Fsp3) is 0.350. The van der Waals surface area contributed by atoms with Crippen LogP contribution in [0, 0.1) is 0 Å². The molecule has 0 aromatic heterocycles. The number of rotatable bonds is 8. The normalized spacial score (nSPS) is 16.2. The third-order valence-electron chi connectivity index (χ3n) is 4.44. The molecule has 1 fully saturated rings. The summed E-state index contributed by atoms with van der Waals surface area (Å²) in [5.41, 5.74) is 1.96. The van der Waals surface area contributed by atoms with E-state index in [0.29, 0.717) is 6.04 Å². The van der Waals surface area contributed by atoms with Gasteiger partial charge in [0, 0.05) is 17.2 Å². The molecule has 0 saturated heterocycles. The van der Waals surface area contributed by atoms with Gasteiger partial charge in [-0.1, -0.05) is 30.3 Å². The topological polar surface area (TPSA) is 54.9 Å². The summed E-state index contributed by atoms with van der Waals surface area (Å²) in [6.07, 6.45) is 2.10. The van der Waals surface area contributed by atoms with E-state index in [1.807, 2.05) is 42.6 Å². The van der Waals surface area contributed by atoms with E-state index < -0.39 is 6.61 Å². The van der Waals surface area contributed by atoms with Gasteiger partial charge in [-0.05, 0) is 44.0 Å². The van der Waals surface area contributed by atoms with Gasteiger partial charge in [0.1, 0.15) is 11.8 Å². The summed E-state index contributed by atoms with van der Waals surface area (Å²) >= 11 is 0. The summed E-state index contributed by atoms with van der Waals surface area (Å²) in [6.45, 7) is -0.967. The minimum atomic E-state index is -2.84. The second-order valence-electron chi connectivity index (χ2n) is 6.60. The van der Waals surface area contributed by atoms with Crippen LogP contribution in [0.25, 0.3) is 0 Å². The van der Waals surface area contributed by atoms with Crippen molar-refractivity contribution in [1.82, 2.24) is 5.32 Å². The van der Waals surface area contributed by atoms with Crippen LogP contribution in [0.3, 0.4) is 0 Å². The Hall–Kier alpha value is -2.47. The van der Waals surface area contributed by atoms with Gasteiger partial charge in [-0.15, -0.1) is 0 Å². The van der Waals surface area contributed by atoms with E-state index in [1.165, 1.54) is 12.1 Å². The molecular formula is C20H23F2N2O2+. The number of carbonyl (C=O) groups is 1. The molecule has 0 radical (unpaired) electrons. The number of halogens is 2. The SMILES string of the molecule is C[C@@H]([NH2+][C@H](c1ccccc1)c1ccc(OC(F)F)cc1)C(=O)NC1CC1. The van der Waals surface area contributed by atoms with E-state index in [2.05, 4.69) is 10.1 Å². The predicted molar refractivity (Wildman–Crippen MR) is 93.9 cm³/mol. The largest absolute Gasteiger partial charge is 0.435 e. The Bertz CT molecular complexity index is 718. The third-order valence-corrected chi connectivity index (χ3v) is 4.44. The van der Waals surface area contributed by atoms with Crippen LogP contribution in [0.2, 0.25) is 0 Å². The molecule has 1 aliphatic rings. The Morgan fingerprint density at radius 2 is 1.69 bits per heavy atom. The van der Waals surface area contributed by atoms with Crippen LogP contribution < -0.4 is 15.4 Å². The van der Waals surface area contributed by atoms with E-state index in [9.17, 15) is 13.6 Å². The molecule has 26 heavy (non-hydrogen) atoms. The van der Waals surface area contributed by atoms with Gasteiger partial charge in [0.2, 0.25) is 0 Å². The fourth-order valence-electron chi connectivity index (χ4n) is 2.87.